The number of nitrogens with one attached hydrogen (secondary N) is 1. The summed E-state index contributed by atoms with van der Waals surface area (Å²) in [5.74, 6) is -1.02. The summed E-state index contributed by atoms with van der Waals surface area (Å²) in [4.78, 5) is 6.34. The van der Waals surface area contributed by atoms with Gasteiger partial charge in [-0.25, -0.2) is 8.78 Å². The Bertz CT molecular complexity index is 885. The van der Waals surface area contributed by atoms with Crippen LogP contribution in [0.4, 0.5) is 31.9 Å². The number of hydrogen-bond acceptors (Lipinski definition) is 5. The van der Waals surface area contributed by atoms with Crippen LogP contribution in [0.1, 0.15) is 12.5 Å². The molecule has 0 bridgehead atoms. The minimum Gasteiger partial charge on any atom is -0.339 e. The highest BCUT2D eigenvalue weighted by molar-refractivity contribution is 5.61. The number of anilines is 4. The van der Waals surface area contributed by atoms with E-state index < -0.39 is 11.6 Å². The molecule has 128 valence electrons. The van der Waals surface area contributed by atoms with Crippen LogP contribution in [0.5, 0.6) is 0 Å². The summed E-state index contributed by atoms with van der Waals surface area (Å²) in [7, 11) is 0. The molecule has 0 fully saturated rings. The number of hydrogen-bond donors (Lipinski definition) is 1. The average Bonchev–Trinajstić information content (AvgIpc) is 2.59. The molecule has 3 aromatic rings. The van der Waals surface area contributed by atoms with Crippen molar-refractivity contribution in [2.75, 3.05) is 16.8 Å². The molecular weight excluding hydrogens is 324 g/mol. The highest BCUT2D eigenvalue weighted by Crippen LogP contribution is 2.24. The number of halogens is 2. The van der Waals surface area contributed by atoms with Gasteiger partial charge in [-0.05, 0) is 43.7 Å². The molecule has 0 atom stereocenters. The third-order valence-corrected chi connectivity index (χ3v) is 3.61. The van der Waals surface area contributed by atoms with Crippen LogP contribution < -0.4 is 10.2 Å². The van der Waals surface area contributed by atoms with E-state index in [9.17, 15) is 8.78 Å². The Morgan fingerprint density at radius 1 is 1.08 bits per heavy atom. The van der Waals surface area contributed by atoms with E-state index in [0.29, 0.717) is 24.0 Å². The van der Waals surface area contributed by atoms with Gasteiger partial charge in [0.1, 0.15) is 0 Å². The van der Waals surface area contributed by atoms with E-state index in [0.717, 1.165) is 23.4 Å². The third kappa shape index (κ3) is 3.88. The first-order valence-electron chi connectivity index (χ1n) is 7.83. The molecule has 0 aliphatic heterocycles. The van der Waals surface area contributed by atoms with E-state index in [1.165, 1.54) is 12.3 Å². The summed E-state index contributed by atoms with van der Waals surface area (Å²) in [6.07, 6.45) is 1.43. The molecule has 1 aromatic heterocycles. The van der Waals surface area contributed by atoms with E-state index >= 15 is 0 Å². The maximum atomic E-state index is 13.3. The van der Waals surface area contributed by atoms with Gasteiger partial charge in [0.2, 0.25) is 0 Å². The molecule has 5 nitrogen and oxygen atoms in total. The number of rotatable bonds is 5. The molecule has 7 heteroatoms. The maximum absolute atomic E-state index is 13.3. The van der Waals surface area contributed by atoms with Crippen molar-refractivity contribution in [3.8, 4) is 0 Å². The normalized spacial score (nSPS) is 10.6. The van der Waals surface area contributed by atoms with Gasteiger partial charge in [-0.1, -0.05) is 12.1 Å². The topological polar surface area (TPSA) is 53.9 Å². The molecule has 0 amide bonds. The smallest absolute Gasteiger partial charge is 0.251 e. The van der Waals surface area contributed by atoms with E-state index in [2.05, 4.69) is 20.5 Å². The highest BCUT2D eigenvalue weighted by Gasteiger charge is 2.12. The first-order chi connectivity index (χ1) is 12.1. The van der Waals surface area contributed by atoms with Crippen LogP contribution in [0.15, 0.2) is 48.7 Å². The van der Waals surface area contributed by atoms with Gasteiger partial charge in [-0.3, -0.25) is 0 Å². The predicted octanol–water partition coefficient (Wildman–Crippen LogP) is 4.36. The number of aromatic nitrogens is 3. The molecule has 0 saturated carbocycles. The fourth-order valence-corrected chi connectivity index (χ4v) is 2.43. The number of nitrogens with zero attached hydrogens (tertiary/aromatic N) is 4. The molecule has 1 heterocycles. The predicted molar refractivity (Wildman–Crippen MR) is 93.3 cm³/mol. The second-order valence-electron chi connectivity index (χ2n) is 5.48. The van der Waals surface area contributed by atoms with Crippen LogP contribution in [0.2, 0.25) is 0 Å². The lowest BCUT2D eigenvalue weighted by molar-refractivity contribution is 0.509. The molecule has 0 unspecified atom stereocenters. The summed E-state index contributed by atoms with van der Waals surface area (Å²) < 4.78 is 26.4. The van der Waals surface area contributed by atoms with E-state index in [1.54, 1.807) is 0 Å². The van der Waals surface area contributed by atoms with Crippen molar-refractivity contribution < 1.29 is 8.78 Å². The van der Waals surface area contributed by atoms with Gasteiger partial charge in [0.15, 0.2) is 17.5 Å². The van der Waals surface area contributed by atoms with Crippen molar-refractivity contribution in [3.63, 3.8) is 0 Å². The van der Waals surface area contributed by atoms with Crippen LogP contribution in [0, 0.1) is 18.6 Å². The van der Waals surface area contributed by atoms with Crippen molar-refractivity contribution in [2.45, 2.75) is 13.8 Å². The highest BCUT2D eigenvalue weighted by atomic mass is 19.2. The summed E-state index contributed by atoms with van der Waals surface area (Å²) >= 11 is 0. The maximum Gasteiger partial charge on any atom is 0.251 e. The Morgan fingerprint density at radius 2 is 1.92 bits per heavy atom. The van der Waals surface area contributed by atoms with Gasteiger partial charge in [0.05, 0.1) is 6.20 Å². The molecule has 25 heavy (non-hydrogen) atoms. The molecule has 1 N–H and O–H groups in total. The first kappa shape index (κ1) is 16.8. The Balaban J connectivity index is 1.88. The zero-order valence-corrected chi connectivity index (χ0v) is 13.9. The molecular formula is C18H17F2N5. The van der Waals surface area contributed by atoms with Crippen LogP contribution in [0.3, 0.4) is 0 Å². The lowest BCUT2D eigenvalue weighted by atomic mass is 10.2. The largest absolute Gasteiger partial charge is 0.339 e. The van der Waals surface area contributed by atoms with Crippen molar-refractivity contribution in [1.82, 2.24) is 15.2 Å². The lowest BCUT2D eigenvalue weighted by Gasteiger charge is -2.21. The van der Waals surface area contributed by atoms with Crippen molar-refractivity contribution in [3.05, 3.63) is 65.9 Å². The van der Waals surface area contributed by atoms with Crippen molar-refractivity contribution in [2.24, 2.45) is 0 Å². The standard InChI is InChI=1S/C18H17F2N5/c1-3-25(14-6-4-5-12(2)9-14)18-23-17(11-21-24-18)22-13-7-8-15(19)16(20)10-13/h4-11H,3H2,1-2H3,(H,22,23,24). The summed E-state index contributed by atoms with van der Waals surface area (Å²) in [5, 5.41) is 10.9. The van der Waals surface area contributed by atoms with Crippen LogP contribution in [-0.4, -0.2) is 21.7 Å². The molecule has 0 radical (unpaired) electrons. The monoisotopic (exact) mass is 341 g/mol. The van der Waals surface area contributed by atoms with Crippen molar-refractivity contribution in [1.29, 1.82) is 0 Å². The van der Waals surface area contributed by atoms with E-state index in [4.69, 9.17) is 0 Å². The van der Waals surface area contributed by atoms with Gasteiger partial charge >= 0.3 is 0 Å². The van der Waals surface area contributed by atoms with E-state index in [-0.39, 0.29) is 0 Å². The van der Waals surface area contributed by atoms with Gasteiger partial charge in [-0.2, -0.15) is 10.1 Å². The zero-order valence-electron chi connectivity index (χ0n) is 13.9. The quantitative estimate of drug-likeness (QED) is 0.747. The number of benzene rings is 2. The molecule has 3 rings (SSSR count). The van der Waals surface area contributed by atoms with Crippen molar-refractivity contribution >= 4 is 23.1 Å². The minimum absolute atomic E-state index is 0.379. The fourth-order valence-electron chi connectivity index (χ4n) is 2.43. The Hall–Kier alpha value is -3.09. The molecule has 2 aromatic carbocycles. The molecule has 0 aliphatic rings. The average molecular weight is 341 g/mol. The second-order valence-corrected chi connectivity index (χ2v) is 5.48. The van der Waals surface area contributed by atoms with Gasteiger partial charge < -0.3 is 10.2 Å². The van der Waals surface area contributed by atoms with Crippen LogP contribution in [0.25, 0.3) is 0 Å². The van der Waals surface area contributed by atoms with Gasteiger partial charge in [-0.15, -0.1) is 5.10 Å². The zero-order chi connectivity index (χ0) is 17.8. The molecule has 0 spiro atoms. The lowest BCUT2D eigenvalue weighted by Crippen LogP contribution is -2.19. The molecule has 0 aliphatic carbocycles. The van der Waals surface area contributed by atoms with Gasteiger partial charge in [0.25, 0.3) is 5.95 Å². The summed E-state index contributed by atoms with van der Waals surface area (Å²) in [5.41, 5.74) is 2.46. The van der Waals surface area contributed by atoms with Gasteiger partial charge in [0, 0.05) is 24.0 Å². The van der Waals surface area contributed by atoms with Crippen LogP contribution in [-0.2, 0) is 0 Å². The minimum atomic E-state index is -0.929. The second kappa shape index (κ2) is 7.21. The Labute approximate surface area is 144 Å². The summed E-state index contributed by atoms with van der Waals surface area (Å²) in [6.45, 7) is 4.65. The summed E-state index contributed by atoms with van der Waals surface area (Å²) in [6, 6.07) is 11.5. The Kier molecular flexibility index (Phi) is 4.83. The first-order valence-corrected chi connectivity index (χ1v) is 7.83. The third-order valence-electron chi connectivity index (χ3n) is 3.61. The SMILES string of the molecule is CCN(c1cccc(C)c1)c1nncc(Nc2ccc(F)c(F)c2)n1. The Morgan fingerprint density at radius 3 is 2.64 bits per heavy atom. The van der Waals surface area contributed by atoms with Crippen LogP contribution >= 0.6 is 0 Å². The number of aryl methyl sites for hydroxylation is 1. The molecule has 0 saturated heterocycles. The fraction of sp³-hybridized carbons (Fsp3) is 0.167. The van der Waals surface area contributed by atoms with E-state index in [1.807, 2.05) is 43.0 Å².